The fourth-order valence-corrected chi connectivity index (χ4v) is 2.24. The van der Waals surface area contributed by atoms with Gasteiger partial charge in [0.25, 0.3) is 0 Å². The molecule has 0 bridgehead atoms. The van der Waals surface area contributed by atoms with Crippen molar-refractivity contribution in [3.8, 4) is 22.7 Å². The standard InChI is InChI=1S/C16H12F4N4O/c17-11-4-10(5-13(6-11)25-9-16(18,19)20)14-7-15(21)23-24(14)12-2-1-3-22-8-12/h1-8H,9H2,(H2,21,23). The molecule has 0 amide bonds. The second-order valence-electron chi connectivity index (χ2n) is 5.16. The van der Waals surface area contributed by atoms with E-state index in [0.717, 1.165) is 12.1 Å². The highest BCUT2D eigenvalue weighted by atomic mass is 19.4. The van der Waals surface area contributed by atoms with Crippen LogP contribution in [0.5, 0.6) is 5.75 Å². The third-order valence-corrected chi connectivity index (χ3v) is 3.19. The largest absolute Gasteiger partial charge is 0.484 e. The lowest BCUT2D eigenvalue weighted by Gasteiger charge is -2.11. The average molecular weight is 352 g/mol. The summed E-state index contributed by atoms with van der Waals surface area (Å²) < 4.78 is 56.8. The van der Waals surface area contributed by atoms with Crippen molar-refractivity contribution in [3.05, 3.63) is 54.6 Å². The number of halogens is 4. The first-order valence-corrected chi connectivity index (χ1v) is 7.08. The van der Waals surface area contributed by atoms with E-state index in [1.54, 1.807) is 18.3 Å². The molecule has 130 valence electrons. The summed E-state index contributed by atoms with van der Waals surface area (Å²) in [6.07, 6.45) is -1.42. The Morgan fingerprint density at radius 2 is 1.96 bits per heavy atom. The molecular formula is C16H12F4N4O. The summed E-state index contributed by atoms with van der Waals surface area (Å²) in [4.78, 5) is 3.97. The van der Waals surface area contributed by atoms with E-state index in [-0.39, 0.29) is 17.1 Å². The van der Waals surface area contributed by atoms with Crippen LogP contribution in [0.25, 0.3) is 16.9 Å². The average Bonchev–Trinajstić information content (AvgIpc) is 2.95. The maximum absolute atomic E-state index is 13.8. The van der Waals surface area contributed by atoms with Crippen molar-refractivity contribution in [2.45, 2.75) is 6.18 Å². The number of aromatic nitrogens is 3. The molecule has 3 rings (SSSR count). The van der Waals surface area contributed by atoms with E-state index >= 15 is 0 Å². The first-order chi connectivity index (χ1) is 11.8. The monoisotopic (exact) mass is 352 g/mol. The van der Waals surface area contributed by atoms with E-state index in [4.69, 9.17) is 5.73 Å². The van der Waals surface area contributed by atoms with Gasteiger partial charge >= 0.3 is 6.18 Å². The minimum Gasteiger partial charge on any atom is -0.484 e. The molecule has 0 aliphatic rings. The van der Waals surface area contributed by atoms with Crippen LogP contribution in [0, 0.1) is 5.82 Å². The number of nitrogens with two attached hydrogens (primary N) is 1. The second kappa shape index (κ2) is 6.42. The van der Waals surface area contributed by atoms with Crippen LogP contribution in [-0.2, 0) is 0 Å². The Morgan fingerprint density at radius 3 is 2.64 bits per heavy atom. The Morgan fingerprint density at radius 1 is 1.16 bits per heavy atom. The van der Waals surface area contributed by atoms with Gasteiger partial charge in [0, 0.05) is 23.9 Å². The molecule has 0 unspecified atom stereocenters. The van der Waals surface area contributed by atoms with Crippen LogP contribution in [0.2, 0.25) is 0 Å². The van der Waals surface area contributed by atoms with Gasteiger partial charge in [-0.15, -0.1) is 0 Å². The summed E-state index contributed by atoms with van der Waals surface area (Å²) in [7, 11) is 0. The van der Waals surface area contributed by atoms with Crippen LogP contribution in [0.3, 0.4) is 0 Å². The number of alkyl halides is 3. The van der Waals surface area contributed by atoms with Crippen molar-refractivity contribution in [2.24, 2.45) is 0 Å². The first kappa shape index (κ1) is 16.7. The first-order valence-electron chi connectivity index (χ1n) is 7.08. The van der Waals surface area contributed by atoms with E-state index in [1.165, 1.54) is 23.0 Å². The lowest BCUT2D eigenvalue weighted by Crippen LogP contribution is -2.19. The zero-order valence-electron chi connectivity index (χ0n) is 12.7. The van der Waals surface area contributed by atoms with Gasteiger partial charge < -0.3 is 10.5 Å². The Kier molecular flexibility index (Phi) is 4.30. The third kappa shape index (κ3) is 4.06. The van der Waals surface area contributed by atoms with E-state index in [1.807, 2.05) is 0 Å². The summed E-state index contributed by atoms with van der Waals surface area (Å²) in [5.41, 5.74) is 6.95. The molecule has 0 spiro atoms. The van der Waals surface area contributed by atoms with Gasteiger partial charge in [-0.2, -0.15) is 18.3 Å². The van der Waals surface area contributed by atoms with E-state index in [0.29, 0.717) is 11.4 Å². The lowest BCUT2D eigenvalue weighted by molar-refractivity contribution is -0.153. The Hall–Kier alpha value is -3.10. The Labute approximate surface area is 139 Å². The predicted molar refractivity (Wildman–Crippen MR) is 82.7 cm³/mol. The van der Waals surface area contributed by atoms with Gasteiger partial charge in [-0.25, -0.2) is 9.07 Å². The lowest BCUT2D eigenvalue weighted by atomic mass is 10.1. The van der Waals surface area contributed by atoms with Crippen molar-refractivity contribution in [1.29, 1.82) is 0 Å². The Balaban J connectivity index is 2.01. The van der Waals surface area contributed by atoms with Gasteiger partial charge in [-0.1, -0.05) is 0 Å². The van der Waals surface area contributed by atoms with Crippen LogP contribution in [0.1, 0.15) is 0 Å². The molecule has 0 fully saturated rings. The van der Waals surface area contributed by atoms with E-state index < -0.39 is 18.6 Å². The minimum absolute atomic E-state index is 0.167. The molecule has 2 N–H and O–H groups in total. The number of hydrogen-bond acceptors (Lipinski definition) is 4. The second-order valence-corrected chi connectivity index (χ2v) is 5.16. The number of anilines is 1. The number of hydrogen-bond donors (Lipinski definition) is 1. The van der Waals surface area contributed by atoms with Crippen molar-refractivity contribution in [1.82, 2.24) is 14.8 Å². The van der Waals surface area contributed by atoms with Crippen molar-refractivity contribution >= 4 is 5.82 Å². The number of benzene rings is 1. The normalized spacial score (nSPS) is 11.5. The highest BCUT2D eigenvalue weighted by molar-refractivity contribution is 5.66. The van der Waals surface area contributed by atoms with Crippen LogP contribution in [0.15, 0.2) is 48.8 Å². The molecular weight excluding hydrogens is 340 g/mol. The summed E-state index contributed by atoms with van der Waals surface area (Å²) >= 11 is 0. The van der Waals surface area contributed by atoms with E-state index in [9.17, 15) is 17.6 Å². The summed E-state index contributed by atoms with van der Waals surface area (Å²) in [6.45, 7) is -1.51. The molecule has 1 aromatic carbocycles. The molecule has 0 saturated carbocycles. The quantitative estimate of drug-likeness (QED) is 0.729. The van der Waals surface area contributed by atoms with Crippen LogP contribution < -0.4 is 10.5 Å². The zero-order chi connectivity index (χ0) is 18.0. The smallest absolute Gasteiger partial charge is 0.422 e. The molecule has 0 saturated heterocycles. The van der Waals surface area contributed by atoms with Gasteiger partial charge in [-0.05, 0) is 24.3 Å². The maximum atomic E-state index is 13.8. The number of pyridine rings is 1. The van der Waals surface area contributed by atoms with Gasteiger partial charge in [0.05, 0.1) is 17.6 Å². The molecule has 0 atom stereocenters. The summed E-state index contributed by atoms with van der Waals surface area (Å²) in [6, 6.07) is 8.20. The molecule has 5 nitrogen and oxygen atoms in total. The number of rotatable bonds is 4. The van der Waals surface area contributed by atoms with Crippen molar-refractivity contribution < 1.29 is 22.3 Å². The fourth-order valence-electron chi connectivity index (χ4n) is 2.24. The molecule has 2 aromatic heterocycles. The molecule has 9 heteroatoms. The van der Waals surface area contributed by atoms with Gasteiger partial charge in [0.15, 0.2) is 6.61 Å². The molecule has 2 heterocycles. The maximum Gasteiger partial charge on any atom is 0.422 e. The number of nitrogen functional groups attached to an aromatic ring is 1. The Bertz CT molecular complexity index is 878. The number of ether oxygens (including phenoxy) is 1. The predicted octanol–water partition coefficient (Wildman–Crippen LogP) is 3.60. The highest BCUT2D eigenvalue weighted by Gasteiger charge is 2.28. The fraction of sp³-hybridized carbons (Fsp3) is 0.125. The molecule has 0 aliphatic carbocycles. The zero-order valence-corrected chi connectivity index (χ0v) is 12.7. The van der Waals surface area contributed by atoms with Gasteiger partial charge in [0.2, 0.25) is 0 Å². The van der Waals surface area contributed by atoms with E-state index in [2.05, 4.69) is 14.8 Å². The topological polar surface area (TPSA) is 66.0 Å². The SMILES string of the molecule is Nc1cc(-c2cc(F)cc(OCC(F)(F)F)c2)n(-c2cccnc2)n1. The van der Waals surface area contributed by atoms with Gasteiger partial charge in [-0.3, -0.25) is 4.98 Å². The summed E-state index contributed by atoms with van der Waals surface area (Å²) in [5, 5.41) is 4.11. The molecule has 0 radical (unpaired) electrons. The van der Waals surface area contributed by atoms with Gasteiger partial charge in [0.1, 0.15) is 17.4 Å². The third-order valence-electron chi connectivity index (χ3n) is 3.19. The highest BCUT2D eigenvalue weighted by Crippen LogP contribution is 2.29. The number of nitrogens with zero attached hydrogens (tertiary/aromatic N) is 3. The molecule has 25 heavy (non-hydrogen) atoms. The van der Waals surface area contributed by atoms with Crippen molar-refractivity contribution in [3.63, 3.8) is 0 Å². The van der Waals surface area contributed by atoms with Crippen molar-refractivity contribution in [2.75, 3.05) is 12.3 Å². The van der Waals surface area contributed by atoms with Crippen LogP contribution in [0.4, 0.5) is 23.4 Å². The molecule has 3 aromatic rings. The minimum atomic E-state index is -4.52. The van der Waals surface area contributed by atoms with Crippen LogP contribution in [-0.4, -0.2) is 27.5 Å². The molecule has 0 aliphatic heterocycles. The summed E-state index contributed by atoms with van der Waals surface area (Å²) in [5.74, 6) is -0.821. The van der Waals surface area contributed by atoms with Crippen LogP contribution >= 0.6 is 0 Å².